The number of nitrogens with one attached hydrogen (secondary N) is 1. The Hall–Kier alpha value is -3.90. The van der Waals surface area contributed by atoms with Gasteiger partial charge >= 0.3 is 5.97 Å². The minimum absolute atomic E-state index is 0.0334. The van der Waals surface area contributed by atoms with Gasteiger partial charge in [-0.3, -0.25) is 9.69 Å². The molecular formula is C27H27N3O3. The number of nitrogens with zero attached hydrogens (tertiary/aromatic N) is 1. The molecule has 0 bridgehead atoms. The van der Waals surface area contributed by atoms with E-state index in [1.807, 2.05) is 66.7 Å². The first-order valence-corrected chi connectivity index (χ1v) is 11.0. The third-order valence-electron chi connectivity index (χ3n) is 5.89. The van der Waals surface area contributed by atoms with Gasteiger partial charge in [0.25, 0.3) is 0 Å². The van der Waals surface area contributed by atoms with Gasteiger partial charge in [-0.15, -0.1) is 0 Å². The average Bonchev–Trinajstić information content (AvgIpc) is 3.29. The number of rotatable bonds is 7. The number of hydrogen-bond donors (Lipinski definition) is 3. The van der Waals surface area contributed by atoms with Gasteiger partial charge in [0, 0.05) is 17.8 Å². The van der Waals surface area contributed by atoms with E-state index in [-0.39, 0.29) is 17.6 Å². The molecule has 0 radical (unpaired) electrons. The zero-order valence-electron chi connectivity index (χ0n) is 18.3. The van der Waals surface area contributed by atoms with Crippen molar-refractivity contribution in [1.82, 2.24) is 4.90 Å². The number of likely N-dealkylation sites (tertiary alicyclic amines) is 1. The first-order valence-electron chi connectivity index (χ1n) is 11.0. The van der Waals surface area contributed by atoms with E-state index in [1.54, 1.807) is 0 Å². The number of carboxylic acids is 1. The fourth-order valence-corrected chi connectivity index (χ4v) is 4.27. The van der Waals surface area contributed by atoms with E-state index in [9.17, 15) is 14.7 Å². The lowest BCUT2D eigenvalue weighted by molar-refractivity contribution is -0.132. The number of carbonyl (C=O) groups is 2. The maximum absolute atomic E-state index is 13.3. The summed E-state index contributed by atoms with van der Waals surface area (Å²) in [6, 6.07) is 24.9. The smallest absolute Gasteiger partial charge is 0.351 e. The average molecular weight is 442 g/mol. The fraction of sp³-hybridized carbons (Fsp3) is 0.185. The molecule has 3 aromatic rings. The summed E-state index contributed by atoms with van der Waals surface area (Å²) < 4.78 is 0. The van der Waals surface area contributed by atoms with Gasteiger partial charge in [0.1, 0.15) is 5.70 Å². The molecule has 0 aliphatic carbocycles. The van der Waals surface area contributed by atoms with Gasteiger partial charge in [0.05, 0.1) is 6.04 Å². The Morgan fingerprint density at radius 1 is 0.970 bits per heavy atom. The van der Waals surface area contributed by atoms with Crippen molar-refractivity contribution >= 4 is 23.6 Å². The standard InChI is InChI=1S/C27H27N3O3/c28-23(27(32)33)17-20-11-4-5-12-21(20)22-13-6-7-14-24(22)29-26(31)25-15-8-16-30(25)18-19-9-2-1-3-10-19/h1-7,9-14,17,25H,8,15-16,18,28H2,(H,29,31)(H,32,33). The number of hydrogen-bond acceptors (Lipinski definition) is 4. The second-order valence-corrected chi connectivity index (χ2v) is 8.14. The lowest BCUT2D eigenvalue weighted by atomic mass is 9.97. The van der Waals surface area contributed by atoms with E-state index in [0.717, 1.165) is 37.1 Å². The van der Waals surface area contributed by atoms with Crippen LogP contribution < -0.4 is 11.1 Å². The molecule has 33 heavy (non-hydrogen) atoms. The van der Waals surface area contributed by atoms with Crippen LogP contribution >= 0.6 is 0 Å². The van der Waals surface area contributed by atoms with Crippen LogP contribution in [0.1, 0.15) is 24.0 Å². The molecule has 0 aromatic heterocycles. The maximum atomic E-state index is 13.3. The number of carboxylic acid groups (broad SMARTS) is 1. The number of benzene rings is 3. The van der Waals surface area contributed by atoms with Gasteiger partial charge in [0.15, 0.2) is 0 Å². The molecule has 4 rings (SSSR count). The van der Waals surface area contributed by atoms with Gasteiger partial charge in [-0.1, -0.05) is 72.8 Å². The summed E-state index contributed by atoms with van der Waals surface area (Å²) in [6.07, 6.45) is 3.23. The first kappa shape index (κ1) is 22.3. The highest BCUT2D eigenvalue weighted by molar-refractivity contribution is 6.00. The third-order valence-corrected chi connectivity index (χ3v) is 5.89. The van der Waals surface area contributed by atoms with Crippen molar-refractivity contribution in [2.24, 2.45) is 5.73 Å². The van der Waals surface area contributed by atoms with Crippen molar-refractivity contribution in [1.29, 1.82) is 0 Å². The monoisotopic (exact) mass is 441 g/mol. The number of para-hydroxylation sites is 1. The number of amides is 1. The molecule has 1 aliphatic rings. The Morgan fingerprint density at radius 3 is 2.39 bits per heavy atom. The zero-order chi connectivity index (χ0) is 23.2. The van der Waals surface area contributed by atoms with Crippen LogP contribution in [0.2, 0.25) is 0 Å². The molecule has 4 N–H and O–H groups in total. The fourth-order valence-electron chi connectivity index (χ4n) is 4.27. The second-order valence-electron chi connectivity index (χ2n) is 8.14. The molecule has 1 heterocycles. The van der Waals surface area contributed by atoms with Crippen molar-refractivity contribution in [3.8, 4) is 11.1 Å². The quantitative estimate of drug-likeness (QED) is 0.474. The Kier molecular flexibility index (Phi) is 6.86. The summed E-state index contributed by atoms with van der Waals surface area (Å²) in [7, 11) is 0. The van der Waals surface area contributed by atoms with Gasteiger partial charge in [-0.05, 0) is 48.2 Å². The molecular weight excluding hydrogens is 414 g/mol. The normalized spacial score (nSPS) is 16.5. The van der Waals surface area contributed by atoms with Crippen LogP contribution in [0.25, 0.3) is 17.2 Å². The molecule has 168 valence electrons. The molecule has 1 unspecified atom stereocenters. The van der Waals surface area contributed by atoms with Gasteiger partial charge in [0.2, 0.25) is 5.91 Å². The third kappa shape index (κ3) is 5.30. The van der Waals surface area contributed by atoms with Crippen molar-refractivity contribution < 1.29 is 14.7 Å². The Bertz CT molecular complexity index is 1170. The summed E-state index contributed by atoms with van der Waals surface area (Å²) in [5, 5.41) is 12.3. The Morgan fingerprint density at radius 2 is 1.64 bits per heavy atom. The lowest BCUT2D eigenvalue weighted by Crippen LogP contribution is -2.39. The molecule has 6 heteroatoms. The predicted molar refractivity (Wildman–Crippen MR) is 130 cm³/mol. The molecule has 1 saturated heterocycles. The van der Waals surface area contributed by atoms with Crippen molar-refractivity contribution in [3.63, 3.8) is 0 Å². The molecule has 1 fully saturated rings. The first-order chi connectivity index (χ1) is 16.0. The molecule has 0 saturated carbocycles. The summed E-state index contributed by atoms with van der Waals surface area (Å²) in [4.78, 5) is 26.7. The van der Waals surface area contributed by atoms with Crippen LogP contribution in [0.3, 0.4) is 0 Å². The van der Waals surface area contributed by atoms with Crippen LogP contribution in [0.15, 0.2) is 84.6 Å². The molecule has 3 aromatic carbocycles. The van der Waals surface area contributed by atoms with Crippen molar-refractivity contribution in [2.45, 2.75) is 25.4 Å². The van der Waals surface area contributed by atoms with E-state index >= 15 is 0 Å². The molecule has 6 nitrogen and oxygen atoms in total. The molecule has 0 spiro atoms. The van der Waals surface area contributed by atoms with Crippen molar-refractivity contribution in [3.05, 3.63) is 95.7 Å². The highest BCUT2D eigenvalue weighted by atomic mass is 16.4. The van der Waals surface area contributed by atoms with Crippen molar-refractivity contribution in [2.75, 3.05) is 11.9 Å². The van der Waals surface area contributed by atoms with Gasteiger partial charge in [-0.2, -0.15) is 0 Å². The van der Waals surface area contributed by atoms with Gasteiger partial charge < -0.3 is 16.2 Å². The van der Waals surface area contributed by atoms with E-state index in [2.05, 4.69) is 22.3 Å². The molecule has 1 amide bonds. The highest BCUT2D eigenvalue weighted by Crippen LogP contribution is 2.32. The minimum atomic E-state index is -1.17. The van der Waals surface area contributed by atoms with E-state index in [0.29, 0.717) is 11.3 Å². The zero-order valence-corrected chi connectivity index (χ0v) is 18.3. The molecule has 1 atom stereocenters. The van der Waals surface area contributed by atoms with Crippen LogP contribution in [-0.2, 0) is 16.1 Å². The van der Waals surface area contributed by atoms with E-state index in [4.69, 9.17) is 5.73 Å². The number of anilines is 1. The number of aliphatic carboxylic acids is 1. The largest absolute Gasteiger partial charge is 0.477 e. The lowest BCUT2D eigenvalue weighted by Gasteiger charge is -2.24. The predicted octanol–water partition coefficient (Wildman–Crippen LogP) is 4.34. The Balaban J connectivity index is 1.58. The summed E-state index contributed by atoms with van der Waals surface area (Å²) in [5.74, 6) is -1.21. The summed E-state index contributed by atoms with van der Waals surface area (Å²) in [6.45, 7) is 1.62. The SMILES string of the molecule is NC(=Cc1ccccc1-c1ccccc1NC(=O)C1CCCN1Cc1ccccc1)C(=O)O. The van der Waals surface area contributed by atoms with Crippen LogP contribution in [0.4, 0.5) is 5.69 Å². The van der Waals surface area contributed by atoms with E-state index < -0.39 is 5.97 Å². The van der Waals surface area contributed by atoms with Crippen LogP contribution in [0, 0.1) is 0 Å². The highest BCUT2D eigenvalue weighted by Gasteiger charge is 2.31. The van der Waals surface area contributed by atoms with Gasteiger partial charge in [-0.25, -0.2) is 4.79 Å². The second kappa shape index (κ2) is 10.1. The Labute approximate surface area is 193 Å². The topological polar surface area (TPSA) is 95.7 Å². The maximum Gasteiger partial charge on any atom is 0.351 e. The summed E-state index contributed by atoms with van der Waals surface area (Å²) in [5.41, 5.74) is 9.57. The summed E-state index contributed by atoms with van der Waals surface area (Å²) >= 11 is 0. The number of carbonyl (C=O) groups excluding carboxylic acids is 1. The number of nitrogens with two attached hydrogens (primary N) is 1. The molecule has 1 aliphatic heterocycles. The van der Waals surface area contributed by atoms with Crippen LogP contribution in [0.5, 0.6) is 0 Å². The van der Waals surface area contributed by atoms with Crippen LogP contribution in [-0.4, -0.2) is 34.5 Å². The van der Waals surface area contributed by atoms with E-state index in [1.165, 1.54) is 11.6 Å². The minimum Gasteiger partial charge on any atom is -0.477 e.